The van der Waals surface area contributed by atoms with Crippen LogP contribution in [-0.2, 0) is 26.2 Å². The molecule has 0 radical (unpaired) electrons. The first-order valence-electron chi connectivity index (χ1n) is 13.3. The van der Waals surface area contributed by atoms with Crippen molar-refractivity contribution in [3.05, 3.63) is 93.5 Å². The number of carbonyl (C=O) groups is 2. The van der Waals surface area contributed by atoms with Gasteiger partial charge in [-0.25, -0.2) is 8.42 Å². The smallest absolute Gasteiger partial charge is 0.264 e. The van der Waals surface area contributed by atoms with Crippen LogP contribution >= 0.6 is 23.2 Å². The predicted octanol–water partition coefficient (Wildman–Crippen LogP) is 6.53. The van der Waals surface area contributed by atoms with Crippen LogP contribution in [0.15, 0.2) is 71.6 Å². The molecule has 0 fully saturated rings. The molecule has 3 aromatic carbocycles. The third kappa shape index (κ3) is 8.03. The summed E-state index contributed by atoms with van der Waals surface area (Å²) in [7, 11) is -4.16. The van der Waals surface area contributed by atoms with Gasteiger partial charge in [-0.1, -0.05) is 72.1 Å². The first-order valence-corrected chi connectivity index (χ1v) is 15.5. The Morgan fingerprint density at radius 2 is 1.49 bits per heavy atom. The Bertz CT molecular complexity index is 1480. The zero-order valence-electron chi connectivity index (χ0n) is 24.2. The van der Waals surface area contributed by atoms with Crippen molar-refractivity contribution in [3.8, 4) is 0 Å². The van der Waals surface area contributed by atoms with E-state index in [0.29, 0.717) is 26.9 Å². The number of anilines is 1. The fraction of sp³-hybridized carbons (Fsp3) is 0.355. The summed E-state index contributed by atoms with van der Waals surface area (Å²) in [5.74, 6) is -0.934. The molecule has 0 aliphatic heterocycles. The van der Waals surface area contributed by atoms with Gasteiger partial charge in [0.2, 0.25) is 11.8 Å². The summed E-state index contributed by atoms with van der Waals surface area (Å²) in [5.41, 5.74) is 1.86. The molecule has 10 heteroatoms. The Kier molecular flexibility index (Phi) is 10.5. The number of carbonyl (C=O) groups excluding carboxylic acids is 2. The van der Waals surface area contributed by atoms with Crippen LogP contribution in [0.1, 0.15) is 50.8 Å². The molecular formula is C31H37Cl2N3O4S. The first-order chi connectivity index (χ1) is 19.2. The van der Waals surface area contributed by atoms with Gasteiger partial charge in [-0.3, -0.25) is 13.9 Å². The van der Waals surface area contributed by atoms with Crippen LogP contribution in [-0.4, -0.2) is 43.3 Å². The molecule has 0 saturated heterocycles. The highest BCUT2D eigenvalue weighted by atomic mass is 35.5. The van der Waals surface area contributed by atoms with Crippen molar-refractivity contribution >= 4 is 50.7 Å². The van der Waals surface area contributed by atoms with E-state index in [1.165, 1.54) is 17.0 Å². The van der Waals surface area contributed by atoms with Crippen LogP contribution in [0.2, 0.25) is 10.0 Å². The predicted molar refractivity (Wildman–Crippen MR) is 166 cm³/mol. The van der Waals surface area contributed by atoms with Crippen LogP contribution in [0, 0.1) is 13.8 Å². The van der Waals surface area contributed by atoms with Crippen molar-refractivity contribution < 1.29 is 18.0 Å². The Balaban J connectivity index is 2.13. The normalized spacial score (nSPS) is 12.5. The van der Waals surface area contributed by atoms with E-state index in [1.807, 2.05) is 27.7 Å². The second-order valence-corrected chi connectivity index (χ2v) is 13.7. The summed E-state index contributed by atoms with van der Waals surface area (Å²) in [6.45, 7) is 10.4. The van der Waals surface area contributed by atoms with Crippen LogP contribution in [0.25, 0.3) is 0 Å². The molecule has 7 nitrogen and oxygen atoms in total. The lowest BCUT2D eigenvalue weighted by molar-refractivity contribution is -0.141. The van der Waals surface area contributed by atoms with Gasteiger partial charge in [0.15, 0.2) is 0 Å². The number of para-hydroxylation sites is 1. The van der Waals surface area contributed by atoms with Gasteiger partial charge in [-0.15, -0.1) is 0 Å². The average molecular weight is 619 g/mol. The molecule has 0 saturated carbocycles. The lowest BCUT2D eigenvalue weighted by Crippen LogP contribution is -2.55. The molecule has 0 heterocycles. The van der Waals surface area contributed by atoms with Crippen molar-refractivity contribution in [1.29, 1.82) is 0 Å². The molecule has 1 atom stereocenters. The van der Waals surface area contributed by atoms with Crippen molar-refractivity contribution in [2.45, 2.75) is 71.0 Å². The minimum atomic E-state index is -4.16. The molecule has 0 spiro atoms. The fourth-order valence-electron chi connectivity index (χ4n) is 4.42. The number of sulfonamides is 1. The number of amides is 2. The number of benzene rings is 3. The molecule has 0 aliphatic rings. The standard InChI is InChI=1S/C31H37Cl2N3O4S/c1-7-27(30(38)34-31(4,5)6)35(19-24-25(32)12-10-13-26(24)33)29(37)20-36(28-14-9-8-11-22(28)3)41(39,40)23-17-15-21(2)16-18-23/h8-18,27H,7,19-20H2,1-6H3,(H,34,38)/t27-/m0/s1. The van der Waals surface area contributed by atoms with Gasteiger partial charge >= 0.3 is 0 Å². The molecule has 41 heavy (non-hydrogen) atoms. The summed E-state index contributed by atoms with van der Waals surface area (Å²) in [4.78, 5) is 29.1. The lowest BCUT2D eigenvalue weighted by atomic mass is 10.1. The lowest BCUT2D eigenvalue weighted by Gasteiger charge is -2.35. The number of aryl methyl sites for hydroxylation is 2. The van der Waals surface area contributed by atoms with Crippen molar-refractivity contribution in [3.63, 3.8) is 0 Å². The molecule has 3 aromatic rings. The van der Waals surface area contributed by atoms with Gasteiger partial charge in [0.05, 0.1) is 10.6 Å². The molecule has 0 aliphatic carbocycles. The minimum absolute atomic E-state index is 0.0531. The second-order valence-electron chi connectivity index (χ2n) is 11.0. The molecule has 0 bridgehead atoms. The number of halogens is 2. The third-order valence-electron chi connectivity index (χ3n) is 6.55. The van der Waals surface area contributed by atoms with Gasteiger partial charge in [-0.2, -0.15) is 0 Å². The van der Waals surface area contributed by atoms with Crippen molar-refractivity contribution in [1.82, 2.24) is 10.2 Å². The van der Waals surface area contributed by atoms with Crippen LogP contribution in [0.4, 0.5) is 5.69 Å². The van der Waals surface area contributed by atoms with Crippen LogP contribution in [0.5, 0.6) is 0 Å². The van der Waals surface area contributed by atoms with E-state index < -0.39 is 34.1 Å². The molecule has 220 valence electrons. The number of rotatable bonds is 10. The van der Waals surface area contributed by atoms with E-state index in [9.17, 15) is 18.0 Å². The maximum atomic E-state index is 14.2. The largest absolute Gasteiger partial charge is 0.350 e. The number of nitrogens with zero attached hydrogens (tertiary/aromatic N) is 2. The molecule has 2 amide bonds. The monoisotopic (exact) mass is 617 g/mol. The zero-order valence-corrected chi connectivity index (χ0v) is 26.6. The van der Waals surface area contributed by atoms with E-state index >= 15 is 0 Å². The topological polar surface area (TPSA) is 86.8 Å². The SMILES string of the molecule is CC[C@@H](C(=O)NC(C)(C)C)N(Cc1c(Cl)cccc1Cl)C(=O)CN(c1ccccc1C)S(=O)(=O)c1ccc(C)cc1. The molecule has 1 N–H and O–H groups in total. The van der Waals surface area contributed by atoms with E-state index in [2.05, 4.69) is 5.32 Å². The van der Waals surface area contributed by atoms with Crippen LogP contribution in [0.3, 0.4) is 0 Å². The molecular weight excluding hydrogens is 581 g/mol. The van der Waals surface area contributed by atoms with Crippen molar-refractivity contribution in [2.24, 2.45) is 0 Å². The number of nitrogens with one attached hydrogen (secondary N) is 1. The van der Waals surface area contributed by atoms with E-state index in [0.717, 1.165) is 9.87 Å². The maximum absolute atomic E-state index is 14.2. The Labute approximate surface area is 253 Å². The summed E-state index contributed by atoms with van der Waals surface area (Å²) in [6.07, 6.45) is 0.283. The van der Waals surface area contributed by atoms with E-state index in [-0.39, 0.29) is 23.8 Å². The van der Waals surface area contributed by atoms with Gasteiger partial charge < -0.3 is 10.2 Å². The average Bonchev–Trinajstić information content (AvgIpc) is 2.88. The quantitative estimate of drug-likeness (QED) is 0.280. The summed E-state index contributed by atoms with van der Waals surface area (Å²) < 4.78 is 29.1. The highest BCUT2D eigenvalue weighted by molar-refractivity contribution is 7.92. The molecule has 0 aromatic heterocycles. The summed E-state index contributed by atoms with van der Waals surface area (Å²) in [5, 5.41) is 3.62. The van der Waals surface area contributed by atoms with Gasteiger partial charge in [0, 0.05) is 27.7 Å². The van der Waals surface area contributed by atoms with E-state index in [4.69, 9.17) is 23.2 Å². The molecule has 0 unspecified atom stereocenters. The first kappa shape index (κ1) is 32.4. The Morgan fingerprint density at radius 1 is 0.902 bits per heavy atom. The van der Waals surface area contributed by atoms with E-state index in [1.54, 1.807) is 68.4 Å². The van der Waals surface area contributed by atoms with Gasteiger partial charge in [0.25, 0.3) is 10.0 Å². The maximum Gasteiger partial charge on any atom is 0.264 e. The summed E-state index contributed by atoms with van der Waals surface area (Å²) in [6, 6.07) is 17.5. The highest BCUT2D eigenvalue weighted by Crippen LogP contribution is 2.30. The number of hydrogen-bond acceptors (Lipinski definition) is 4. The number of hydrogen-bond donors (Lipinski definition) is 1. The fourth-order valence-corrected chi connectivity index (χ4v) is 6.42. The third-order valence-corrected chi connectivity index (χ3v) is 9.03. The highest BCUT2D eigenvalue weighted by Gasteiger charge is 2.35. The zero-order chi connectivity index (χ0) is 30.5. The minimum Gasteiger partial charge on any atom is -0.350 e. The Morgan fingerprint density at radius 3 is 2.02 bits per heavy atom. The molecule has 3 rings (SSSR count). The Hall–Kier alpha value is -3.07. The van der Waals surface area contributed by atoms with Crippen LogP contribution < -0.4 is 9.62 Å². The van der Waals surface area contributed by atoms with Gasteiger partial charge in [-0.05, 0) is 76.9 Å². The summed E-state index contributed by atoms with van der Waals surface area (Å²) >= 11 is 12.9. The second kappa shape index (κ2) is 13.3. The van der Waals surface area contributed by atoms with Gasteiger partial charge in [0.1, 0.15) is 12.6 Å². The van der Waals surface area contributed by atoms with Crippen molar-refractivity contribution in [2.75, 3.05) is 10.8 Å².